The number of aromatic nitrogens is 1. The SMILES string of the molecule is COc1ccccc1NC(=O)N(Cc1ccncc1)C(C)c1ccccc1. The molecule has 0 saturated carbocycles. The van der Waals surface area contributed by atoms with E-state index in [9.17, 15) is 4.79 Å². The van der Waals surface area contributed by atoms with Crippen molar-refractivity contribution in [2.75, 3.05) is 12.4 Å². The van der Waals surface area contributed by atoms with E-state index in [2.05, 4.69) is 10.3 Å². The second-order valence-corrected chi connectivity index (χ2v) is 6.20. The molecule has 2 aromatic carbocycles. The molecule has 1 atom stereocenters. The monoisotopic (exact) mass is 361 g/mol. The van der Waals surface area contributed by atoms with Crippen molar-refractivity contribution >= 4 is 11.7 Å². The van der Waals surface area contributed by atoms with E-state index in [0.717, 1.165) is 11.1 Å². The quantitative estimate of drug-likeness (QED) is 0.680. The molecule has 5 heteroatoms. The minimum Gasteiger partial charge on any atom is -0.495 e. The summed E-state index contributed by atoms with van der Waals surface area (Å²) in [7, 11) is 1.59. The molecule has 1 heterocycles. The second-order valence-electron chi connectivity index (χ2n) is 6.20. The van der Waals surface area contributed by atoms with Gasteiger partial charge in [-0.2, -0.15) is 0 Å². The van der Waals surface area contributed by atoms with Crippen molar-refractivity contribution in [1.82, 2.24) is 9.88 Å². The molecule has 27 heavy (non-hydrogen) atoms. The summed E-state index contributed by atoms with van der Waals surface area (Å²) in [6.07, 6.45) is 3.47. The number of anilines is 1. The molecule has 1 aromatic heterocycles. The highest BCUT2D eigenvalue weighted by atomic mass is 16.5. The number of urea groups is 1. The van der Waals surface area contributed by atoms with Gasteiger partial charge in [0.15, 0.2) is 0 Å². The number of amides is 2. The first kappa shape index (κ1) is 18.5. The molecule has 0 aliphatic rings. The first-order valence-corrected chi connectivity index (χ1v) is 8.83. The highest BCUT2D eigenvalue weighted by Crippen LogP contribution is 2.27. The van der Waals surface area contributed by atoms with Crippen LogP contribution in [0.25, 0.3) is 0 Å². The molecule has 3 rings (SSSR count). The minimum atomic E-state index is -0.187. The van der Waals surface area contributed by atoms with Crippen LogP contribution >= 0.6 is 0 Å². The lowest BCUT2D eigenvalue weighted by Gasteiger charge is -2.30. The third-order valence-corrected chi connectivity index (χ3v) is 4.46. The maximum Gasteiger partial charge on any atom is 0.322 e. The van der Waals surface area contributed by atoms with Crippen LogP contribution in [0.2, 0.25) is 0 Å². The summed E-state index contributed by atoms with van der Waals surface area (Å²) in [5, 5.41) is 2.98. The zero-order valence-electron chi connectivity index (χ0n) is 15.5. The summed E-state index contributed by atoms with van der Waals surface area (Å²) >= 11 is 0. The Bertz CT molecular complexity index is 869. The number of nitrogens with zero attached hydrogens (tertiary/aromatic N) is 2. The van der Waals surface area contributed by atoms with Crippen LogP contribution in [0.5, 0.6) is 5.75 Å². The predicted molar refractivity (Wildman–Crippen MR) is 107 cm³/mol. The van der Waals surface area contributed by atoms with Crippen molar-refractivity contribution in [3.63, 3.8) is 0 Å². The number of hydrogen-bond donors (Lipinski definition) is 1. The molecule has 0 aliphatic carbocycles. The number of ether oxygens (including phenoxy) is 1. The van der Waals surface area contributed by atoms with Crippen molar-refractivity contribution in [2.24, 2.45) is 0 Å². The van der Waals surface area contributed by atoms with E-state index in [1.54, 1.807) is 24.4 Å². The third-order valence-electron chi connectivity index (χ3n) is 4.46. The lowest BCUT2D eigenvalue weighted by Crippen LogP contribution is -2.36. The van der Waals surface area contributed by atoms with Gasteiger partial charge in [0.1, 0.15) is 5.75 Å². The number of benzene rings is 2. The average molecular weight is 361 g/mol. The maximum absolute atomic E-state index is 13.1. The lowest BCUT2D eigenvalue weighted by molar-refractivity contribution is 0.189. The number of carbonyl (C=O) groups is 1. The van der Waals surface area contributed by atoms with Crippen LogP contribution in [0, 0.1) is 0 Å². The Kier molecular flexibility index (Phi) is 6.05. The van der Waals surface area contributed by atoms with E-state index in [0.29, 0.717) is 18.0 Å². The highest BCUT2D eigenvalue weighted by molar-refractivity contribution is 5.91. The molecule has 1 unspecified atom stereocenters. The van der Waals surface area contributed by atoms with Crippen LogP contribution in [-0.4, -0.2) is 23.0 Å². The molecule has 138 valence electrons. The van der Waals surface area contributed by atoms with E-state index in [1.807, 2.05) is 73.7 Å². The standard InChI is InChI=1S/C22H23N3O2/c1-17(19-8-4-3-5-9-19)25(16-18-12-14-23-15-13-18)22(26)24-20-10-6-7-11-21(20)27-2/h3-15,17H,16H2,1-2H3,(H,24,26). The van der Waals surface area contributed by atoms with Crippen molar-refractivity contribution in [3.05, 3.63) is 90.3 Å². The van der Waals surface area contributed by atoms with Gasteiger partial charge in [0.2, 0.25) is 0 Å². The average Bonchev–Trinajstić information content (AvgIpc) is 2.73. The Labute approximate surface area is 159 Å². The van der Waals surface area contributed by atoms with Crippen molar-refractivity contribution in [1.29, 1.82) is 0 Å². The summed E-state index contributed by atoms with van der Waals surface area (Å²) < 4.78 is 5.35. The topological polar surface area (TPSA) is 54.5 Å². The molecule has 0 spiro atoms. The number of nitrogens with one attached hydrogen (secondary N) is 1. The number of para-hydroxylation sites is 2. The second kappa shape index (κ2) is 8.85. The third kappa shape index (κ3) is 4.64. The van der Waals surface area contributed by atoms with Gasteiger partial charge in [-0.3, -0.25) is 4.98 Å². The molecule has 3 aromatic rings. The van der Waals surface area contributed by atoms with Crippen LogP contribution < -0.4 is 10.1 Å². The first-order valence-electron chi connectivity index (χ1n) is 8.83. The summed E-state index contributed by atoms with van der Waals surface area (Å²) in [6.45, 7) is 2.50. The fourth-order valence-corrected chi connectivity index (χ4v) is 2.92. The van der Waals surface area contributed by atoms with E-state index in [1.165, 1.54) is 0 Å². The normalized spacial score (nSPS) is 11.5. The van der Waals surface area contributed by atoms with Gasteiger partial charge in [-0.25, -0.2) is 4.79 Å². The zero-order chi connectivity index (χ0) is 19.1. The zero-order valence-corrected chi connectivity index (χ0v) is 15.5. The Morgan fingerprint density at radius 2 is 1.70 bits per heavy atom. The van der Waals surface area contributed by atoms with Gasteiger partial charge in [-0.1, -0.05) is 42.5 Å². The molecule has 5 nitrogen and oxygen atoms in total. The van der Waals surface area contributed by atoms with Crippen molar-refractivity contribution in [3.8, 4) is 5.75 Å². The molecule has 0 aliphatic heterocycles. The molecular formula is C22H23N3O2. The highest BCUT2D eigenvalue weighted by Gasteiger charge is 2.22. The fourth-order valence-electron chi connectivity index (χ4n) is 2.92. The molecule has 1 N–H and O–H groups in total. The van der Waals surface area contributed by atoms with Gasteiger partial charge in [0.05, 0.1) is 18.8 Å². The van der Waals surface area contributed by atoms with Crippen molar-refractivity contribution in [2.45, 2.75) is 19.5 Å². The molecule has 2 amide bonds. The number of pyridine rings is 1. The molecule has 0 radical (unpaired) electrons. The van der Waals surface area contributed by atoms with Gasteiger partial charge in [0.25, 0.3) is 0 Å². The molecular weight excluding hydrogens is 338 g/mol. The van der Waals surface area contributed by atoms with E-state index >= 15 is 0 Å². The largest absolute Gasteiger partial charge is 0.495 e. The van der Waals surface area contributed by atoms with Gasteiger partial charge >= 0.3 is 6.03 Å². The summed E-state index contributed by atoms with van der Waals surface area (Å²) in [6, 6.07) is 20.9. The minimum absolute atomic E-state index is 0.103. The molecule has 0 saturated heterocycles. The Morgan fingerprint density at radius 1 is 1.04 bits per heavy atom. The Balaban J connectivity index is 1.87. The molecule has 0 bridgehead atoms. The smallest absolute Gasteiger partial charge is 0.322 e. The van der Waals surface area contributed by atoms with E-state index in [4.69, 9.17) is 4.74 Å². The first-order chi connectivity index (χ1) is 13.2. The number of hydrogen-bond acceptors (Lipinski definition) is 3. The summed E-state index contributed by atoms with van der Waals surface area (Å²) in [4.78, 5) is 19.0. The lowest BCUT2D eigenvalue weighted by atomic mass is 10.1. The van der Waals surface area contributed by atoms with Crippen LogP contribution in [0.1, 0.15) is 24.1 Å². The van der Waals surface area contributed by atoms with Gasteiger partial charge in [0, 0.05) is 18.9 Å². The van der Waals surface area contributed by atoms with Crippen LogP contribution in [0.3, 0.4) is 0 Å². The van der Waals surface area contributed by atoms with Crippen LogP contribution in [0.4, 0.5) is 10.5 Å². The number of methoxy groups -OCH3 is 1. The van der Waals surface area contributed by atoms with Crippen LogP contribution in [-0.2, 0) is 6.54 Å². The summed E-state index contributed by atoms with van der Waals surface area (Å²) in [5.41, 5.74) is 2.73. The predicted octanol–water partition coefficient (Wildman–Crippen LogP) is 4.89. The van der Waals surface area contributed by atoms with Crippen LogP contribution in [0.15, 0.2) is 79.1 Å². The number of rotatable bonds is 6. The van der Waals surface area contributed by atoms with E-state index in [-0.39, 0.29) is 12.1 Å². The van der Waals surface area contributed by atoms with Gasteiger partial charge in [-0.05, 0) is 42.3 Å². The van der Waals surface area contributed by atoms with Gasteiger partial charge < -0.3 is 15.0 Å². The fraction of sp³-hybridized carbons (Fsp3) is 0.182. The maximum atomic E-state index is 13.1. The summed E-state index contributed by atoms with van der Waals surface area (Å²) in [5.74, 6) is 0.627. The van der Waals surface area contributed by atoms with Crippen molar-refractivity contribution < 1.29 is 9.53 Å². The van der Waals surface area contributed by atoms with Gasteiger partial charge in [-0.15, -0.1) is 0 Å². The Hall–Kier alpha value is -3.34. The number of carbonyl (C=O) groups excluding carboxylic acids is 1. The Morgan fingerprint density at radius 3 is 2.41 bits per heavy atom. The molecule has 0 fully saturated rings. The van der Waals surface area contributed by atoms with E-state index < -0.39 is 0 Å².